The summed E-state index contributed by atoms with van der Waals surface area (Å²) in [5, 5.41) is 13.9. The van der Waals surface area contributed by atoms with Gasteiger partial charge in [-0.05, 0) is 19.5 Å². The number of aromatic nitrogens is 2. The predicted octanol–water partition coefficient (Wildman–Crippen LogP) is 1.71. The van der Waals surface area contributed by atoms with E-state index >= 15 is 0 Å². The van der Waals surface area contributed by atoms with Crippen LogP contribution in [0.3, 0.4) is 0 Å². The number of hydrogen-bond donors (Lipinski definition) is 2. The molecule has 0 aliphatic rings. The smallest absolute Gasteiger partial charge is 0.315 e. The topological polar surface area (TPSA) is 63.0 Å². The molecular formula is C12H16N4O. The van der Waals surface area contributed by atoms with Gasteiger partial charge in [-0.3, -0.25) is 0 Å². The van der Waals surface area contributed by atoms with Crippen LogP contribution in [-0.4, -0.2) is 17.2 Å². The Morgan fingerprint density at radius 2 is 2.12 bits per heavy atom. The third-order valence-electron chi connectivity index (χ3n) is 2.32. The zero-order chi connectivity index (χ0) is 12.1. The second-order valence-electron chi connectivity index (χ2n) is 3.87. The lowest BCUT2D eigenvalue weighted by Crippen LogP contribution is -2.04. The largest absolute Gasteiger partial charge is 0.407 e. The van der Waals surface area contributed by atoms with Crippen LogP contribution in [0, 0.1) is 6.92 Å². The maximum atomic E-state index is 5.38. The molecule has 0 saturated carbocycles. The van der Waals surface area contributed by atoms with Crippen molar-refractivity contribution in [2.24, 2.45) is 0 Å². The van der Waals surface area contributed by atoms with Crippen LogP contribution in [0.2, 0.25) is 0 Å². The van der Waals surface area contributed by atoms with E-state index in [1.54, 1.807) is 0 Å². The Morgan fingerprint density at radius 1 is 1.24 bits per heavy atom. The van der Waals surface area contributed by atoms with Gasteiger partial charge in [-0.2, -0.15) is 0 Å². The Balaban J connectivity index is 1.93. The maximum absolute atomic E-state index is 5.38. The molecule has 2 aromatic rings. The molecule has 5 heteroatoms. The summed E-state index contributed by atoms with van der Waals surface area (Å²) in [6.45, 7) is 3.34. The highest BCUT2D eigenvalue weighted by Gasteiger charge is 2.04. The van der Waals surface area contributed by atoms with Gasteiger partial charge in [0.25, 0.3) is 0 Å². The molecule has 90 valence electrons. The van der Waals surface area contributed by atoms with Gasteiger partial charge >= 0.3 is 6.01 Å². The summed E-state index contributed by atoms with van der Waals surface area (Å²) < 4.78 is 5.38. The maximum Gasteiger partial charge on any atom is 0.315 e. The van der Waals surface area contributed by atoms with Crippen LogP contribution in [0.4, 0.5) is 6.01 Å². The van der Waals surface area contributed by atoms with Crippen molar-refractivity contribution in [2.75, 3.05) is 12.4 Å². The summed E-state index contributed by atoms with van der Waals surface area (Å²) in [6, 6.07) is 8.74. The molecular weight excluding hydrogens is 216 g/mol. The van der Waals surface area contributed by atoms with Gasteiger partial charge in [-0.1, -0.05) is 34.9 Å². The molecule has 2 rings (SSSR count). The average molecular weight is 232 g/mol. The second kappa shape index (κ2) is 5.45. The minimum Gasteiger partial charge on any atom is -0.407 e. The van der Waals surface area contributed by atoms with E-state index in [4.69, 9.17) is 4.42 Å². The molecule has 5 nitrogen and oxygen atoms in total. The first-order valence-corrected chi connectivity index (χ1v) is 5.54. The highest BCUT2D eigenvalue weighted by Crippen LogP contribution is 2.09. The van der Waals surface area contributed by atoms with Gasteiger partial charge in [-0.25, -0.2) is 0 Å². The van der Waals surface area contributed by atoms with E-state index in [-0.39, 0.29) is 0 Å². The normalized spacial score (nSPS) is 10.5. The number of anilines is 1. The molecule has 0 aliphatic carbocycles. The van der Waals surface area contributed by atoms with Crippen LogP contribution >= 0.6 is 0 Å². The lowest BCUT2D eigenvalue weighted by atomic mass is 10.1. The molecule has 0 aliphatic heterocycles. The van der Waals surface area contributed by atoms with Gasteiger partial charge in [0.1, 0.15) is 0 Å². The lowest BCUT2D eigenvalue weighted by Gasteiger charge is -2.02. The molecule has 0 atom stereocenters. The fraction of sp³-hybridized carbons (Fsp3) is 0.333. The van der Waals surface area contributed by atoms with E-state index in [1.807, 2.05) is 13.1 Å². The van der Waals surface area contributed by atoms with Crippen molar-refractivity contribution in [2.45, 2.75) is 20.0 Å². The first-order chi connectivity index (χ1) is 8.28. The number of nitrogens with zero attached hydrogens (tertiary/aromatic N) is 2. The monoisotopic (exact) mass is 232 g/mol. The van der Waals surface area contributed by atoms with E-state index in [1.165, 1.54) is 11.1 Å². The van der Waals surface area contributed by atoms with Crippen LogP contribution in [0.25, 0.3) is 0 Å². The fourth-order valence-corrected chi connectivity index (χ4v) is 1.55. The van der Waals surface area contributed by atoms with Gasteiger partial charge < -0.3 is 15.1 Å². The minimum atomic E-state index is 0.455. The predicted molar refractivity (Wildman–Crippen MR) is 65.6 cm³/mol. The number of nitrogens with one attached hydrogen (secondary N) is 2. The SMILES string of the molecule is CNCc1nnc(NCc2cccc(C)c2)o1. The summed E-state index contributed by atoms with van der Waals surface area (Å²) in [7, 11) is 1.84. The van der Waals surface area contributed by atoms with Crippen molar-refractivity contribution in [3.05, 3.63) is 41.3 Å². The van der Waals surface area contributed by atoms with Crippen LogP contribution in [0.5, 0.6) is 0 Å². The van der Waals surface area contributed by atoms with Crippen LogP contribution < -0.4 is 10.6 Å². The molecule has 1 aromatic heterocycles. The van der Waals surface area contributed by atoms with Crippen LogP contribution in [0.15, 0.2) is 28.7 Å². The molecule has 0 unspecified atom stereocenters. The summed E-state index contributed by atoms with van der Waals surface area (Å²) in [5.41, 5.74) is 2.43. The van der Waals surface area contributed by atoms with E-state index in [2.05, 4.69) is 46.0 Å². The quantitative estimate of drug-likeness (QED) is 0.821. The number of benzene rings is 1. The van der Waals surface area contributed by atoms with Gasteiger partial charge in [0.05, 0.1) is 6.54 Å². The van der Waals surface area contributed by atoms with Crippen molar-refractivity contribution in [1.82, 2.24) is 15.5 Å². The third-order valence-corrected chi connectivity index (χ3v) is 2.32. The molecule has 0 bridgehead atoms. The van der Waals surface area contributed by atoms with Crippen LogP contribution in [0.1, 0.15) is 17.0 Å². The Morgan fingerprint density at radius 3 is 2.88 bits per heavy atom. The zero-order valence-electron chi connectivity index (χ0n) is 10.0. The highest BCUT2D eigenvalue weighted by atomic mass is 16.4. The van der Waals surface area contributed by atoms with E-state index in [0.29, 0.717) is 25.0 Å². The first kappa shape index (κ1) is 11.6. The fourth-order valence-electron chi connectivity index (χ4n) is 1.55. The number of aryl methyl sites for hydroxylation is 1. The number of hydrogen-bond acceptors (Lipinski definition) is 5. The van der Waals surface area contributed by atoms with Crippen molar-refractivity contribution < 1.29 is 4.42 Å². The highest BCUT2D eigenvalue weighted by molar-refractivity contribution is 5.26. The number of rotatable bonds is 5. The Labute approximate surface area is 100 Å². The molecule has 17 heavy (non-hydrogen) atoms. The molecule has 1 aromatic carbocycles. The Kier molecular flexibility index (Phi) is 3.72. The zero-order valence-corrected chi connectivity index (χ0v) is 10.0. The molecule has 0 amide bonds. The standard InChI is InChI=1S/C12H16N4O/c1-9-4-3-5-10(6-9)7-14-12-16-15-11(17-12)8-13-2/h3-6,13H,7-8H2,1-2H3,(H,14,16). The molecule has 0 saturated heterocycles. The van der Waals surface area contributed by atoms with E-state index in [9.17, 15) is 0 Å². The second-order valence-corrected chi connectivity index (χ2v) is 3.87. The summed E-state index contributed by atoms with van der Waals surface area (Å²) >= 11 is 0. The average Bonchev–Trinajstić information content (AvgIpc) is 2.75. The first-order valence-electron chi connectivity index (χ1n) is 5.54. The van der Waals surface area contributed by atoms with Gasteiger partial charge in [0.15, 0.2) is 0 Å². The van der Waals surface area contributed by atoms with Gasteiger partial charge in [0, 0.05) is 6.54 Å². The van der Waals surface area contributed by atoms with Crippen molar-refractivity contribution in [3.8, 4) is 0 Å². The summed E-state index contributed by atoms with van der Waals surface area (Å²) in [4.78, 5) is 0. The molecule has 0 spiro atoms. The summed E-state index contributed by atoms with van der Waals surface area (Å²) in [6.07, 6.45) is 0. The van der Waals surface area contributed by atoms with Gasteiger partial charge in [-0.15, -0.1) is 5.10 Å². The molecule has 0 fully saturated rings. The Bertz CT molecular complexity index is 481. The van der Waals surface area contributed by atoms with Crippen molar-refractivity contribution in [3.63, 3.8) is 0 Å². The lowest BCUT2D eigenvalue weighted by molar-refractivity contribution is 0.489. The summed E-state index contributed by atoms with van der Waals surface area (Å²) in [5.74, 6) is 0.583. The van der Waals surface area contributed by atoms with Crippen molar-refractivity contribution in [1.29, 1.82) is 0 Å². The van der Waals surface area contributed by atoms with E-state index in [0.717, 1.165) is 0 Å². The van der Waals surface area contributed by atoms with Crippen LogP contribution in [-0.2, 0) is 13.1 Å². The minimum absolute atomic E-state index is 0.455. The molecule has 0 radical (unpaired) electrons. The van der Waals surface area contributed by atoms with Crippen molar-refractivity contribution >= 4 is 6.01 Å². The van der Waals surface area contributed by atoms with E-state index < -0.39 is 0 Å². The third kappa shape index (κ3) is 3.29. The molecule has 1 heterocycles. The molecule has 2 N–H and O–H groups in total. The Hall–Kier alpha value is -1.88. The van der Waals surface area contributed by atoms with Gasteiger partial charge in [0.2, 0.25) is 5.89 Å².